The number of aliphatic carboxylic acids is 1. The molecule has 0 radical (unpaired) electrons. The minimum absolute atomic E-state index is 0.00728. The van der Waals surface area contributed by atoms with Gasteiger partial charge in [0.15, 0.2) is 0 Å². The maximum atomic E-state index is 12.9. The van der Waals surface area contributed by atoms with Crippen LogP contribution in [0.25, 0.3) is 0 Å². The standard InChI is InChI=1S/C18H22FNO4/c19-15-6-4-13(5-7-15)2-1-3-16(21)20-10-14-11-24-9-8-18(14,12-20)17(22)23/h4-7,14H,1-3,8-12H2,(H,22,23)/t14-,18+/m1/s1. The third kappa shape index (κ3) is 3.29. The molecule has 0 aliphatic carbocycles. The molecule has 3 rings (SSSR count). The highest BCUT2D eigenvalue weighted by Crippen LogP contribution is 2.42. The summed E-state index contributed by atoms with van der Waals surface area (Å²) < 4.78 is 18.3. The quantitative estimate of drug-likeness (QED) is 0.895. The average molecular weight is 335 g/mol. The van der Waals surface area contributed by atoms with Crippen LogP contribution in [0.4, 0.5) is 4.39 Å². The number of halogens is 1. The van der Waals surface area contributed by atoms with Gasteiger partial charge in [0.2, 0.25) is 5.91 Å². The maximum absolute atomic E-state index is 12.9. The maximum Gasteiger partial charge on any atom is 0.311 e. The summed E-state index contributed by atoms with van der Waals surface area (Å²) >= 11 is 0. The fourth-order valence-electron chi connectivity index (χ4n) is 3.74. The molecule has 6 heteroatoms. The number of fused-ring (bicyclic) bond motifs is 1. The van der Waals surface area contributed by atoms with Crippen LogP contribution in [0.3, 0.4) is 0 Å². The van der Waals surface area contributed by atoms with Crippen LogP contribution in [0.1, 0.15) is 24.8 Å². The van der Waals surface area contributed by atoms with Crippen LogP contribution in [-0.4, -0.2) is 48.2 Å². The summed E-state index contributed by atoms with van der Waals surface area (Å²) in [6, 6.07) is 6.28. The fourth-order valence-corrected chi connectivity index (χ4v) is 3.74. The van der Waals surface area contributed by atoms with Crippen molar-refractivity contribution < 1.29 is 23.8 Å². The predicted octanol–water partition coefficient (Wildman–Crippen LogP) is 2.10. The van der Waals surface area contributed by atoms with Crippen molar-refractivity contribution in [2.24, 2.45) is 11.3 Å². The van der Waals surface area contributed by atoms with Gasteiger partial charge in [0.05, 0.1) is 12.0 Å². The molecule has 2 heterocycles. The Bertz CT molecular complexity index is 618. The Kier molecular flexibility index (Phi) is 4.85. The van der Waals surface area contributed by atoms with Gasteiger partial charge in [-0.1, -0.05) is 12.1 Å². The van der Waals surface area contributed by atoms with Crippen LogP contribution in [0.2, 0.25) is 0 Å². The molecule has 0 aromatic heterocycles. The second-order valence-corrected chi connectivity index (χ2v) is 6.74. The third-order valence-electron chi connectivity index (χ3n) is 5.25. The molecule has 2 saturated heterocycles. The number of carbonyl (C=O) groups is 2. The summed E-state index contributed by atoms with van der Waals surface area (Å²) in [5, 5.41) is 9.62. The zero-order valence-electron chi connectivity index (χ0n) is 13.5. The van der Waals surface area contributed by atoms with E-state index in [-0.39, 0.29) is 24.2 Å². The Labute approximate surface area is 140 Å². The number of likely N-dealkylation sites (tertiary alicyclic amines) is 1. The van der Waals surface area contributed by atoms with Crippen LogP contribution >= 0.6 is 0 Å². The summed E-state index contributed by atoms with van der Waals surface area (Å²) in [7, 11) is 0. The molecule has 1 N–H and O–H groups in total. The van der Waals surface area contributed by atoms with Gasteiger partial charge in [-0.2, -0.15) is 0 Å². The molecule has 2 aliphatic rings. The first-order valence-corrected chi connectivity index (χ1v) is 8.35. The molecule has 24 heavy (non-hydrogen) atoms. The monoisotopic (exact) mass is 335 g/mol. The average Bonchev–Trinajstić information content (AvgIpc) is 2.98. The summed E-state index contributed by atoms with van der Waals surface area (Å²) in [5.41, 5.74) is 0.153. The molecule has 0 bridgehead atoms. The number of carboxylic acid groups (broad SMARTS) is 1. The number of aryl methyl sites for hydroxylation is 1. The molecule has 2 fully saturated rings. The van der Waals surface area contributed by atoms with Gasteiger partial charge in [0, 0.05) is 32.0 Å². The molecule has 0 spiro atoms. The van der Waals surface area contributed by atoms with E-state index in [0.29, 0.717) is 45.4 Å². The zero-order valence-corrected chi connectivity index (χ0v) is 13.5. The Morgan fingerprint density at radius 1 is 1.33 bits per heavy atom. The normalized spacial score (nSPS) is 26.2. The van der Waals surface area contributed by atoms with Crippen molar-refractivity contribution in [1.29, 1.82) is 0 Å². The number of hydrogen-bond acceptors (Lipinski definition) is 3. The van der Waals surface area contributed by atoms with E-state index in [9.17, 15) is 19.1 Å². The third-order valence-corrected chi connectivity index (χ3v) is 5.25. The van der Waals surface area contributed by atoms with Gasteiger partial charge in [0.25, 0.3) is 0 Å². The highest BCUT2D eigenvalue weighted by atomic mass is 19.1. The van der Waals surface area contributed by atoms with Gasteiger partial charge in [-0.05, 0) is 37.0 Å². The molecule has 130 valence electrons. The molecular formula is C18H22FNO4. The van der Waals surface area contributed by atoms with Gasteiger partial charge in [-0.3, -0.25) is 9.59 Å². The largest absolute Gasteiger partial charge is 0.481 e. The smallest absolute Gasteiger partial charge is 0.311 e. The lowest BCUT2D eigenvalue weighted by atomic mass is 9.74. The SMILES string of the molecule is O=C(CCCc1ccc(F)cc1)N1C[C@@H]2COCC[C@]2(C(=O)O)C1. The minimum Gasteiger partial charge on any atom is -0.481 e. The van der Waals surface area contributed by atoms with Gasteiger partial charge >= 0.3 is 5.97 Å². The summed E-state index contributed by atoms with van der Waals surface area (Å²) in [5.74, 6) is -1.22. The van der Waals surface area contributed by atoms with E-state index < -0.39 is 11.4 Å². The topological polar surface area (TPSA) is 66.8 Å². The van der Waals surface area contributed by atoms with E-state index in [1.54, 1.807) is 17.0 Å². The van der Waals surface area contributed by atoms with Crippen LogP contribution in [-0.2, 0) is 20.7 Å². The lowest BCUT2D eigenvalue weighted by Crippen LogP contribution is -2.45. The fraction of sp³-hybridized carbons (Fsp3) is 0.556. The first kappa shape index (κ1) is 16.9. The van der Waals surface area contributed by atoms with E-state index in [2.05, 4.69) is 0 Å². The highest BCUT2D eigenvalue weighted by molar-refractivity contribution is 5.81. The number of ether oxygens (including phenoxy) is 1. The first-order chi connectivity index (χ1) is 11.5. The van der Waals surface area contributed by atoms with E-state index in [1.165, 1.54) is 12.1 Å². The van der Waals surface area contributed by atoms with Crippen LogP contribution in [0, 0.1) is 17.2 Å². The van der Waals surface area contributed by atoms with Crippen LogP contribution < -0.4 is 0 Å². The van der Waals surface area contributed by atoms with Gasteiger partial charge in [-0.15, -0.1) is 0 Å². The molecule has 1 aromatic carbocycles. The molecule has 0 unspecified atom stereocenters. The molecule has 2 atom stereocenters. The lowest BCUT2D eigenvalue weighted by Gasteiger charge is -2.33. The predicted molar refractivity (Wildman–Crippen MR) is 84.9 cm³/mol. The molecule has 2 aliphatic heterocycles. The van der Waals surface area contributed by atoms with E-state index in [1.807, 2.05) is 0 Å². The van der Waals surface area contributed by atoms with Crippen LogP contribution in [0.15, 0.2) is 24.3 Å². The number of carboxylic acids is 1. The minimum atomic E-state index is -0.842. The summed E-state index contributed by atoms with van der Waals surface area (Å²) in [4.78, 5) is 25.8. The number of carbonyl (C=O) groups excluding carboxylic acids is 1. The Morgan fingerprint density at radius 3 is 2.75 bits per heavy atom. The Hall–Kier alpha value is -1.95. The molecule has 1 aromatic rings. The summed E-state index contributed by atoms with van der Waals surface area (Å²) in [6.45, 7) is 1.59. The molecular weight excluding hydrogens is 313 g/mol. The first-order valence-electron chi connectivity index (χ1n) is 8.35. The van der Waals surface area contributed by atoms with Gasteiger partial charge in [-0.25, -0.2) is 4.39 Å². The van der Waals surface area contributed by atoms with Crippen molar-refractivity contribution in [2.75, 3.05) is 26.3 Å². The van der Waals surface area contributed by atoms with Crippen molar-refractivity contribution in [3.63, 3.8) is 0 Å². The van der Waals surface area contributed by atoms with Crippen molar-refractivity contribution in [3.05, 3.63) is 35.6 Å². The zero-order chi connectivity index (χ0) is 17.2. The number of amides is 1. The van der Waals surface area contributed by atoms with E-state index in [0.717, 1.165) is 5.56 Å². The number of hydrogen-bond donors (Lipinski definition) is 1. The molecule has 5 nitrogen and oxygen atoms in total. The van der Waals surface area contributed by atoms with Gasteiger partial charge < -0.3 is 14.7 Å². The van der Waals surface area contributed by atoms with Crippen molar-refractivity contribution in [3.8, 4) is 0 Å². The van der Waals surface area contributed by atoms with E-state index >= 15 is 0 Å². The molecule has 1 amide bonds. The number of rotatable bonds is 5. The summed E-state index contributed by atoms with van der Waals surface area (Å²) in [6.07, 6.45) is 2.21. The highest BCUT2D eigenvalue weighted by Gasteiger charge is 2.54. The second-order valence-electron chi connectivity index (χ2n) is 6.74. The van der Waals surface area contributed by atoms with Crippen molar-refractivity contribution in [1.82, 2.24) is 4.90 Å². The molecule has 0 saturated carbocycles. The van der Waals surface area contributed by atoms with Crippen LogP contribution in [0.5, 0.6) is 0 Å². The van der Waals surface area contributed by atoms with E-state index in [4.69, 9.17) is 4.74 Å². The number of nitrogens with zero attached hydrogens (tertiary/aromatic N) is 1. The number of benzene rings is 1. The lowest BCUT2D eigenvalue weighted by molar-refractivity contribution is -0.157. The Morgan fingerprint density at radius 2 is 2.08 bits per heavy atom. The van der Waals surface area contributed by atoms with Crippen molar-refractivity contribution >= 4 is 11.9 Å². The Balaban J connectivity index is 1.54. The second kappa shape index (κ2) is 6.89. The van der Waals surface area contributed by atoms with Gasteiger partial charge in [0.1, 0.15) is 5.82 Å². The van der Waals surface area contributed by atoms with Crippen molar-refractivity contribution in [2.45, 2.75) is 25.7 Å².